The van der Waals surface area contributed by atoms with Crippen molar-refractivity contribution >= 4 is 22.6 Å². The minimum atomic E-state index is -4.65. The zero-order valence-corrected chi connectivity index (χ0v) is 15.9. The lowest BCUT2D eigenvalue weighted by Gasteiger charge is -2.16. The summed E-state index contributed by atoms with van der Waals surface area (Å²) >= 11 is 0. The van der Waals surface area contributed by atoms with Crippen molar-refractivity contribution in [1.29, 1.82) is 0 Å². The molecule has 11 heteroatoms. The molecule has 4 rings (SSSR count). The molecule has 8 nitrogen and oxygen atoms in total. The number of aryl methyl sites for hydroxylation is 1. The van der Waals surface area contributed by atoms with E-state index in [4.69, 9.17) is 0 Å². The van der Waals surface area contributed by atoms with Gasteiger partial charge in [-0.1, -0.05) is 12.1 Å². The Morgan fingerprint density at radius 1 is 1.03 bits per heavy atom. The van der Waals surface area contributed by atoms with Gasteiger partial charge in [0.05, 0.1) is 22.3 Å². The molecule has 0 radical (unpaired) electrons. The van der Waals surface area contributed by atoms with Gasteiger partial charge in [0, 0.05) is 17.4 Å². The van der Waals surface area contributed by atoms with Crippen molar-refractivity contribution in [2.24, 2.45) is 0 Å². The largest absolute Gasteiger partial charge is 0.418 e. The molecule has 3 N–H and O–H groups in total. The lowest BCUT2D eigenvalue weighted by molar-refractivity contribution is -0.137. The van der Waals surface area contributed by atoms with Gasteiger partial charge in [-0.05, 0) is 37.3 Å². The third kappa shape index (κ3) is 3.84. The highest BCUT2D eigenvalue weighted by atomic mass is 19.4. The lowest BCUT2D eigenvalue weighted by atomic mass is 10.1. The van der Waals surface area contributed by atoms with Gasteiger partial charge in [-0.25, -0.2) is 9.48 Å². The first kappa shape index (κ1) is 20.1. The molecule has 2 aromatic carbocycles. The van der Waals surface area contributed by atoms with Gasteiger partial charge >= 0.3 is 11.9 Å². The number of nitrogens with zero attached hydrogens (tertiary/aromatic N) is 2. The van der Waals surface area contributed by atoms with E-state index in [0.29, 0.717) is 11.0 Å². The maximum Gasteiger partial charge on any atom is 0.418 e. The Morgan fingerprint density at radius 3 is 2.48 bits per heavy atom. The number of hydrogen-bond donors (Lipinski definition) is 3. The number of aromatic amines is 2. The predicted octanol–water partition coefficient (Wildman–Crippen LogP) is 2.98. The average molecular weight is 429 g/mol. The summed E-state index contributed by atoms with van der Waals surface area (Å²) in [5, 5.41) is 6.38. The first-order valence-electron chi connectivity index (χ1n) is 8.94. The molecule has 0 atom stereocenters. The standard InChI is InChI=1S/C20H14F3N5O3/c1-10-8-16(29)17(27-28(10)15-5-3-2-4-12(15)20(21,22)23)18(30)24-11-6-7-13-14(9-11)26-19(31)25-13/h2-9H,1H3,(H,24,30)(H2,25,26,31). The number of H-pyrrole nitrogens is 2. The number of aromatic nitrogens is 4. The zero-order valence-electron chi connectivity index (χ0n) is 15.9. The maximum atomic E-state index is 13.4. The van der Waals surface area contributed by atoms with Gasteiger partial charge in [0.1, 0.15) is 0 Å². The van der Waals surface area contributed by atoms with E-state index >= 15 is 0 Å². The van der Waals surface area contributed by atoms with Gasteiger partial charge in [-0.3, -0.25) is 9.59 Å². The summed E-state index contributed by atoms with van der Waals surface area (Å²) in [6, 6.07) is 10.3. The zero-order chi connectivity index (χ0) is 22.3. The van der Waals surface area contributed by atoms with Crippen LogP contribution in [0.4, 0.5) is 18.9 Å². The van der Waals surface area contributed by atoms with Crippen LogP contribution in [-0.2, 0) is 6.18 Å². The quantitative estimate of drug-likeness (QED) is 0.465. The summed E-state index contributed by atoms with van der Waals surface area (Å²) in [6.45, 7) is 1.42. The molecule has 0 aliphatic rings. The Labute approximate surface area is 171 Å². The molecule has 0 saturated heterocycles. The summed E-state index contributed by atoms with van der Waals surface area (Å²) < 4.78 is 41.1. The van der Waals surface area contributed by atoms with Gasteiger partial charge in [-0.15, -0.1) is 0 Å². The number of carbonyl (C=O) groups excluding carboxylic acids is 1. The molecule has 0 bridgehead atoms. The van der Waals surface area contributed by atoms with Crippen molar-refractivity contribution in [3.8, 4) is 5.69 Å². The van der Waals surface area contributed by atoms with Crippen LogP contribution in [0.25, 0.3) is 16.7 Å². The molecule has 0 unspecified atom stereocenters. The number of imidazole rings is 1. The molecule has 0 saturated carbocycles. The van der Waals surface area contributed by atoms with Crippen molar-refractivity contribution in [1.82, 2.24) is 19.7 Å². The fourth-order valence-corrected chi connectivity index (χ4v) is 3.15. The van der Waals surface area contributed by atoms with Gasteiger partial charge in [0.25, 0.3) is 5.91 Å². The van der Waals surface area contributed by atoms with Crippen LogP contribution >= 0.6 is 0 Å². The van der Waals surface area contributed by atoms with E-state index < -0.39 is 34.5 Å². The number of anilines is 1. The smallest absolute Gasteiger partial charge is 0.320 e. The van der Waals surface area contributed by atoms with Gasteiger partial charge in [-0.2, -0.15) is 18.3 Å². The second-order valence-electron chi connectivity index (χ2n) is 6.72. The van der Waals surface area contributed by atoms with Crippen LogP contribution in [0, 0.1) is 6.92 Å². The molecule has 4 aromatic rings. The Hall–Kier alpha value is -4.15. The maximum absolute atomic E-state index is 13.4. The fourth-order valence-electron chi connectivity index (χ4n) is 3.15. The minimum Gasteiger partial charge on any atom is -0.320 e. The van der Waals surface area contributed by atoms with Crippen LogP contribution in [0.5, 0.6) is 0 Å². The van der Waals surface area contributed by atoms with E-state index in [1.54, 1.807) is 6.07 Å². The van der Waals surface area contributed by atoms with Gasteiger partial charge < -0.3 is 15.3 Å². The van der Waals surface area contributed by atoms with E-state index in [9.17, 15) is 27.6 Å². The fraction of sp³-hybridized carbons (Fsp3) is 0.100. The molecule has 1 amide bonds. The molecule has 0 aliphatic heterocycles. The average Bonchev–Trinajstić information content (AvgIpc) is 3.06. The molecule has 158 valence electrons. The Morgan fingerprint density at radius 2 is 1.74 bits per heavy atom. The molecular formula is C20H14F3N5O3. The van der Waals surface area contributed by atoms with Crippen molar-refractivity contribution in [2.75, 3.05) is 5.32 Å². The highest BCUT2D eigenvalue weighted by Crippen LogP contribution is 2.33. The number of halogens is 3. The predicted molar refractivity (Wildman–Crippen MR) is 106 cm³/mol. The highest BCUT2D eigenvalue weighted by Gasteiger charge is 2.34. The van der Waals surface area contributed by atoms with Crippen molar-refractivity contribution in [3.05, 3.63) is 86.2 Å². The van der Waals surface area contributed by atoms with E-state index in [0.717, 1.165) is 16.8 Å². The SMILES string of the molecule is Cc1cc(=O)c(C(=O)Nc2ccc3[nH]c(=O)[nH]c3c2)nn1-c1ccccc1C(F)(F)F. The molecule has 0 fully saturated rings. The van der Waals surface area contributed by atoms with Gasteiger partial charge in [0.15, 0.2) is 5.69 Å². The first-order valence-corrected chi connectivity index (χ1v) is 8.94. The Kier molecular flexibility index (Phi) is 4.72. The highest BCUT2D eigenvalue weighted by molar-refractivity contribution is 6.03. The second kappa shape index (κ2) is 7.27. The molecular weight excluding hydrogens is 415 g/mol. The number of alkyl halides is 3. The summed E-state index contributed by atoms with van der Waals surface area (Å²) in [5.74, 6) is -0.902. The van der Waals surface area contributed by atoms with Crippen molar-refractivity contribution < 1.29 is 18.0 Å². The van der Waals surface area contributed by atoms with E-state index in [2.05, 4.69) is 20.4 Å². The van der Waals surface area contributed by atoms with Crippen LogP contribution in [0.1, 0.15) is 21.7 Å². The van der Waals surface area contributed by atoms with Crippen LogP contribution in [0.2, 0.25) is 0 Å². The normalized spacial score (nSPS) is 11.6. The monoisotopic (exact) mass is 429 g/mol. The summed E-state index contributed by atoms with van der Waals surface area (Å²) in [7, 11) is 0. The summed E-state index contributed by atoms with van der Waals surface area (Å²) in [4.78, 5) is 41.4. The third-order valence-corrected chi connectivity index (χ3v) is 4.53. The number of amides is 1. The van der Waals surface area contributed by atoms with E-state index in [1.165, 1.54) is 37.3 Å². The Balaban J connectivity index is 1.75. The minimum absolute atomic E-state index is 0.129. The first-order chi connectivity index (χ1) is 14.6. The number of carbonyl (C=O) groups is 1. The summed E-state index contributed by atoms with van der Waals surface area (Å²) in [5.41, 5.74) is -1.68. The Bertz CT molecular complexity index is 1430. The number of benzene rings is 2. The van der Waals surface area contributed by atoms with Crippen LogP contribution < -0.4 is 16.4 Å². The molecule has 31 heavy (non-hydrogen) atoms. The number of hydrogen-bond acceptors (Lipinski definition) is 4. The van der Waals surface area contributed by atoms with E-state index in [-0.39, 0.29) is 17.1 Å². The number of fused-ring (bicyclic) bond motifs is 1. The molecule has 0 aliphatic carbocycles. The second-order valence-corrected chi connectivity index (χ2v) is 6.72. The van der Waals surface area contributed by atoms with Gasteiger partial charge in [0.2, 0.25) is 5.43 Å². The van der Waals surface area contributed by atoms with Crippen molar-refractivity contribution in [3.63, 3.8) is 0 Å². The lowest BCUT2D eigenvalue weighted by Crippen LogP contribution is -2.27. The van der Waals surface area contributed by atoms with Crippen molar-refractivity contribution in [2.45, 2.75) is 13.1 Å². The topological polar surface area (TPSA) is 113 Å². The number of para-hydroxylation sites is 1. The van der Waals surface area contributed by atoms with Crippen LogP contribution in [-0.4, -0.2) is 25.7 Å². The van der Waals surface area contributed by atoms with Crippen LogP contribution in [0.15, 0.2) is 58.1 Å². The summed E-state index contributed by atoms with van der Waals surface area (Å²) in [6.07, 6.45) is -4.65. The van der Waals surface area contributed by atoms with E-state index in [1.807, 2.05) is 0 Å². The molecule has 0 spiro atoms. The van der Waals surface area contributed by atoms with Crippen LogP contribution in [0.3, 0.4) is 0 Å². The molecule has 2 heterocycles. The number of nitrogens with one attached hydrogen (secondary N) is 3. The molecule has 2 aromatic heterocycles. The number of rotatable bonds is 3. The third-order valence-electron chi connectivity index (χ3n) is 4.53.